The highest BCUT2D eigenvalue weighted by atomic mass is 32.1. The molecule has 5 nitrogen and oxygen atoms in total. The van der Waals surface area contributed by atoms with Crippen molar-refractivity contribution in [3.05, 3.63) is 40.3 Å². The lowest BCUT2D eigenvalue weighted by Gasteiger charge is -2.08. The van der Waals surface area contributed by atoms with Crippen LogP contribution < -0.4 is 14.8 Å². The topological polar surface area (TPSA) is 60.5 Å². The van der Waals surface area contributed by atoms with Crippen LogP contribution in [-0.2, 0) is 11.2 Å². The van der Waals surface area contributed by atoms with E-state index in [1.807, 2.05) is 31.2 Å². The molecule has 0 radical (unpaired) electrons. The lowest BCUT2D eigenvalue weighted by molar-refractivity contribution is -0.120. The molecule has 1 aromatic heterocycles. The minimum atomic E-state index is -0.0133. The minimum absolute atomic E-state index is 0.0133. The van der Waals surface area contributed by atoms with E-state index in [1.54, 1.807) is 12.6 Å². The Hall–Kier alpha value is -2.08. The van der Waals surface area contributed by atoms with Gasteiger partial charge in [0.05, 0.1) is 31.3 Å². The second-order valence-electron chi connectivity index (χ2n) is 4.41. The Bertz CT molecular complexity index is 581. The van der Waals surface area contributed by atoms with Gasteiger partial charge in [-0.2, -0.15) is 0 Å². The summed E-state index contributed by atoms with van der Waals surface area (Å²) in [7, 11) is 1.62. The Morgan fingerprint density at radius 1 is 1.29 bits per heavy atom. The molecule has 112 valence electrons. The standard InChI is InChI=1S/C15H18N2O3S/c1-11-14(21-10-17-11)9-15(18)16-7-8-20-13-5-3-12(19-2)4-6-13/h3-6,10H,7-9H2,1-2H3,(H,16,18). The molecule has 0 unspecified atom stereocenters. The summed E-state index contributed by atoms with van der Waals surface area (Å²) in [5, 5.41) is 2.83. The molecule has 2 aromatic rings. The number of methoxy groups -OCH3 is 1. The molecule has 0 atom stereocenters. The van der Waals surface area contributed by atoms with Gasteiger partial charge in [0.2, 0.25) is 5.91 Å². The summed E-state index contributed by atoms with van der Waals surface area (Å²) in [6, 6.07) is 7.34. The number of amides is 1. The fraction of sp³-hybridized carbons (Fsp3) is 0.333. The molecule has 0 bridgehead atoms. The maximum absolute atomic E-state index is 11.8. The van der Waals surface area contributed by atoms with Crippen molar-refractivity contribution in [1.29, 1.82) is 0 Å². The summed E-state index contributed by atoms with van der Waals surface area (Å²) in [6.07, 6.45) is 0.374. The molecule has 0 aliphatic heterocycles. The Morgan fingerprint density at radius 2 is 2.00 bits per heavy atom. The van der Waals surface area contributed by atoms with E-state index in [-0.39, 0.29) is 5.91 Å². The van der Waals surface area contributed by atoms with Crippen molar-refractivity contribution < 1.29 is 14.3 Å². The van der Waals surface area contributed by atoms with Crippen molar-refractivity contribution in [2.24, 2.45) is 0 Å². The number of nitrogens with one attached hydrogen (secondary N) is 1. The third-order valence-electron chi connectivity index (χ3n) is 2.92. The normalized spacial score (nSPS) is 10.2. The first-order valence-electron chi connectivity index (χ1n) is 6.61. The average Bonchev–Trinajstić information content (AvgIpc) is 2.89. The number of rotatable bonds is 7. The molecule has 0 saturated heterocycles. The predicted molar refractivity (Wildman–Crippen MR) is 82.1 cm³/mol. The van der Waals surface area contributed by atoms with Crippen molar-refractivity contribution >= 4 is 17.2 Å². The molecular weight excluding hydrogens is 288 g/mol. The monoisotopic (exact) mass is 306 g/mol. The molecule has 0 spiro atoms. The molecule has 1 N–H and O–H groups in total. The lowest BCUT2D eigenvalue weighted by Crippen LogP contribution is -2.29. The highest BCUT2D eigenvalue weighted by molar-refractivity contribution is 7.09. The van der Waals surface area contributed by atoms with E-state index in [4.69, 9.17) is 9.47 Å². The van der Waals surface area contributed by atoms with Crippen LogP contribution in [0.15, 0.2) is 29.8 Å². The van der Waals surface area contributed by atoms with Crippen LogP contribution in [0.4, 0.5) is 0 Å². The lowest BCUT2D eigenvalue weighted by atomic mass is 10.3. The number of aromatic nitrogens is 1. The summed E-state index contributed by atoms with van der Waals surface area (Å²) < 4.78 is 10.6. The third kappa shape index (κ3) is 4.75. The van der Waals surface area contributed by atoms with Crippen LogP contribution in [0.3, 0.4) is 0 Å². The molecule has 0 saturated carbocycles. The fourth-order valence-corrected chi connectivity index (χ4v) is 2.51. The highest BCUT2D eigenvalue weighted by Gasteiger charge is 2.07. The molecule has 2 rings (SSSR count). The Balaban J connectivity index is 1.67. The molecule has 1 amide bonds. The molecule has 0 aliphatic rings. The first kappa shape index (κ1) is 15.3. The van der Waals surface area contributed by atoms with E-state index < -0.39 is 0 Å². The van der Waals surface area contributed by atoms with Crippen LogP contribution in [0, 0.1) is 6.92 Å². The molecule has 0 fully saturated rings. The van der Waals surface area contributed by atoms with Gasteiger partial charge >= 0.3 is 0 Å². The minimum Gasteiger partial charge on any atom is -0.497 e. The van der Waals surface area contributed by atoms with E-state index in [9.17, 15) is 4.79 Å². The zero-order valence-corrected chi connectivity index (χ0v) is 12.9. The second kappa shape index (κ2) is 7.64. The average molecular weight is 306 g/mol. The van der Waals surface area contributed by atoms with Gasteiger partial charge in [-0.05, 0) is 31.2 Å². The molecular formula is C15H18N2O3S. The van der Waals surface area contributed by atoms with Crippen molar-refractivity contribution in [2.75, 3.05) is 20.3 Å². The van der Waals surface area contributed by atoms with Gasteiger partial charge in [0.1, 0.15) is 18.1 Å². The number of ether oxygens (including phenoxy) is 2. The second-order valence-corrected chi connectivity index (χ2v) is 5.35. The van der Waals surface area contributed by atoms with E-state index in [0.29, 0.717) is 19.6 Å². The Labute approximate surface area is 127 Å². The molecule has 1 aromatic carbocycles. The fourth-order valence-electron chi connectivity index (χ4n) is 1.74. The zero-order chi connectivity index (χ0) is 15.1. The Kier molecular flexibility index (Phi) is 5.57. The number of hydrogen-bond donors (Lipinski definition) is 1. The van der Waals surface area contributed by atoms with Crippen LogP contribution in [-0.4, -0.2) is 31.2 Å². The zero-order valence-electron chi connectivity index (χ0n) is 12.1. The number of aryl methyl sites for hydroxylation is 1. The summed E-state index contributed by atoms with van der Waals surface area (Å²) in [5.74, 6) is 1.53. The van der Waals surface area contributed by atoms with E-state index in [0.717, 1.165) is 22.1 Å². The molecule has 21 heavy (non-hydrogen) atoms. The predicted octanol–water partition coefficient (Wildman–Crippen LogP) is 2.20. The van der Waals surface area contributed by atoms with Crippen LogP contribution in [0.25, 0.3) is 0 Å². The van der Waals surface area contributed by atoms with Gasteiger partial charge in [0.15, 0.2) is 0 Å². The number of thiazole rings is 1. The SMILES string of the molecule is COc1ccc(OCCNC(=O)Cc2scnc2C)cc1. The van der Waals surface area contributed by atoms with Crippen LogP contribution in [0.2, 0.25) is 0 Å². The smallest absolute Gasteiger partial charge is 0.225 e. The maximum atomic E-state index is 11.8. The number of hydrogen-bond acceptors (Lipinski definition) is 5. The van der Waals surface area contributed by atoms with Gasteiger partial charge in [0.25, 0.3) is 0 Å². The first-order chi connectivity index (χ1) is 10.2. The summed E-state index contributed by atoms with van der Waals surface area (Å²) in [4.78, 5) is 16.9. The van der Waals surface area contributed by atoms with E-state index in [2.05, 4.69) is 10.3 Å². The van der Waals surface area contributed by atoms with Gasteiger partial charge in [-0.1, -0.05) is 0 Å². The van der Waals surface area contributed by atoms with E-state index >= 15 is 0 Å². The number of benzene rings is 1. The number of carbonyl (C=O) groups is 1. The quantitative estimate of drug-likeness (QED) is 0.797. The van der Waals surface area contributed by atoms with E-state index in [1.165, 1.54) is 11.3 Å². The van der Waals surface area contributed by atoms with Crippen molar-refractivity contribution in [3.8, 4) is 11.5 Å². The Morgan fingerprint density at radius 3 is 2.62 bits per heavy atom. The largest absolute Gasteiger partial charge is 0.497 e. The maximum Gasteiger partial charge on any atom is 0.225 e. The summed E-state index contributed by atoms with van der Waals surface area (Å²) >= 11 is 1.50. The first-order valence-corrected chi connectivity index (χ1v) is 7.49. The third-order valence-corrected chi connectivity index (χ3v) is 3.85. The van der Waals surface area contributed by atoms with Gasteiger partial charge in [-0.25, -0.2) is 4.98 Å². The highest BCUT2D eigenvalue weighted by Crippen LogP contribution is 2.16. The van der Waals surface area contributed by atoms with Crippen LogP contribution >= 0.6 is 11.3 Å². The molecule has 1 heterocycles. The number of carbonyl (C=O) groups excluding carboxylic acids is 1. The molecule has 6 heteroatoms. The number of nitrogens with zero attached hydrogens (tertiary/aromatic N) is 1. The van der Waals surface area contributed by atoms with Gasteiger partial charge in [0, 0.05) is 4.88 Å². The molecule has 0 aliphatic carbocycles. The van der Waals surface area contributed by atoms with Gasteiger partial charge in [-0.3, -0.25) is 4.79 Å². The van der Waals surface area contributed by atoms with Crippen molar-refractivity contribution in [1.82, 2.24) is 10.3 Å². The summed E-state index contributed by atoms with van der Waals surface area (Å²) in [6.45, 7) is 2.81. The van der Waals surface area contributed by atoms with Crippen LogP contribution in [0.5, 0.6) is 11.5 Å². The van der Waals surface area contributed by atoms with Crippen molar-refractivity contribution in [3.63, 3.8) is 0 Å². The van der Waals surface area contributed by atoms with Crippen molar-refractivity contribution in [2.45, 2.75) is 13.3 Å². The van der Waals surface area contributed by atoms with Gasteiger partial charge < -0.3 is 14.8 Å². The van der Waals surface area contributed by atoms with Crippen LogP contribution in [0.1, 0.15) is 10.6 Å². The summed E-state index contributed by atoms with van der Waals surface area (Å²) in [5.41, 5.74) is 2.68. The van der Waals surface area contributed by atoms with Gasteiger partial charge in [-0.15, -0.1) is 11.3 Å².